The Kier molecular flexibility index (Phi) is 3.54. The summed E-state index contributed by atoms with van der Waals surface area (Å²) in [4.78, 5) is 0. The van der Waals surface area contributed by atoms with Gasteiger partial charge >= 0.3 is 0 Å². The molecule has 0 fully saturated rings. The van der Waals surface area contributed by atoms with Crippen LogP contribution in [0.2, 0.25) is 0 Å². The van der Waals surface area contributed by atoms with Crippen molar-refractivity contribution in [1.29, 1.82) is 0 Å². The minimum Gasteiger partial charge on any atom is -0.313 e. The van der Waals surface area contributed by atoms with Gasteiger partial charge in [0.1, 0.15) is 10.0 Å². The normalized spacial score (nSPS) is 10.8. The van der Waals surface area contributed by atoms with E-state index in [9.17, 15) is 0 Å². The van der Waals surface area contributed by atoms with Crippen molar-refractivity contribution >= 4 is 11.3 Å². The lowest BCUT2D eigenvalue weighted by atomic mass is 10.0. The molecule has 0 bridgehead atoms. The number of aromatic nitrogens is 2. The summed E-state index contributed by atoms with van der Waals surface area (Å²) in [6, 6.07) is 4.39. The van der Waals surface area contributed by atoms with Crippen molar-refractivity contribution < 1.29 is 0 Å². The summed E-state index contributed by atoms with van der Waals surface area (Å²) >= 11 is 1.66. The van der Waals surface area contributed by atoms with Crippen LogP contribution >= 0.6 is 11.3 Å². The average molecular weight is 247 g/mol. The Balaban J connectivity index is 2.45. The smallest absolute Gasteiger partial charge is 0.148 e. The summed E-state index contributed by atoms with van der Waals surface area (Å²) in [5.74, 6) is 0. The van der Waals surface area contributed by atoms with Gasteiger partial charge in [0.2, 0.25) is 0 Å². The fourth-order valence-electron chi connectivity index (χ4n) is 2.09. The van der Waals surface area contributed by atoms with Gasteiger partial charge in [-0.05, 0) is 38.9 Å². The molecule has 0 saturated heterocycles. The van der Waals surface area contributed by atoms with Crippen molar-refractivity contribution in [2.45, 2.75) is 27.3 Å². The predicted molar refractivity (Wildman–Crippen MR) is 72.3 cm³/mol. The summed E-state index contributed by atoms with van der Waals surface area (Å²) < 4.78 is 0. The van der Waals surface area contributed by atoms with Gasteiger partial charge in [-0.3, -0.25) is 0 Å². The first-order valence-corrected chi connectivity index (χ1v) is 6.48. The van der Waals surface area contributed by atoms with E-state index in [0.717, 1.165) is 16.6 Å². The second kappa shape index (κ2) is 4.94. The molecule has 0 spiro atoms. The number of rotatable bonds is 3. The van der Waals surface area contributed by atoms with E-state index >= 15 is 0 Å². The topological polar surface area (TPSA) is 37.8 Å². The predicted octanol–water partition coefficient (Wildman–Crippen LogP) is 2.85. The second-order valence-electron chi connectivity index (χ2n) is 4.31. The molecule has 3 nitrogen and oxygen atoms in total. The van der Waals surface area contributed by atoms with Crippen LogP contribution in [0.25, 0.3) is 10.6 Å². The van der Waals surface area contributed by atoms with Crippen LogP contribution in [-0.4, -0.2) is 17.2 Å². The van der Waals surface area contributed by atoms with Gasteiger partial charge in [-0.2, -0.15) is 0 Å². The average Bonchev–Trinajstić information content (AvgIpc) is 2.65. The molecule has 4 heteroatoms. The van der Waals surface area contributed by atoms with Gasteiger partial charge in [0.15, 0.2) is 0 Å². The molecule has 0 amide bonds. The highest BCUT2D eigenvalue weighted by Gasteiger charge is 2.11. The third kappa shape index (κ3) is 2.53. The molecule has 2 aromatic rings. The van der Waals surface area contributed by atoms with E-state index < -0.39 is 0 Å². The van der Waals surface area contributed by atoms with E-state index in [1.807, 2.05) is 7.05 Å². The highest BCUT2D eigenvalue weighted by molar-refractivity contribution is 7.14. The van der Waals surface area contributed by atoms with Crippen molar-refractivity contribution in [3.63, 3.8) is 0 Å². The van der Waals surface area contributed by atoms with Crippen LogP contribution in [0.5, 0.6) is 0 Å². The maximum Gasteiger partial charge on any atom is 0.148 e. The fraction of sp³-hybridized carbons (Fsp3) is 0.385. The van der Waals surface area contributed by atoms with Gasteiger partial charge in [0, 0.05) is 12.1 Å². The second-order valence-corrected chi connectivity index (χ2v) is 5.37. The Morgan fingerprint density at radius 3 is 2.35 bits per heavy atom. The van der Waals surface area contributed by atoms with Crippen molar-refractivity contribution in [3.8, 4) is 10.6 Å². The third-order valence-electron chi connectivity index (χ3n) is 2.69. The van der Waals surface area contributed by atoms with Crippen LogP contribution in [0.1, 0.15) is 21.7 Å². The van der Waals surface area contributed by atoms with Crippen molar-refractivity contribution in [1.82, 2.24) is 15.5 Å². The molecule has 0 aliphatic carbocycles. The summed E-state index contributed by atoms with van der Waals surface area (Å²) in [6.07, 6.45) is 0. The standard InChI is InChI=1S/C13H17N3S/c1-8-5-9(2)12(10(3)6-8)13-16-15-11(17-13)7-14-4/h5-6,14H,7H2,1-4H3. The van der Waals surface area contributed by atoms with Crippen molar-refractivity contribution in [2.24, 2.45) is 0 Å². The van der Waals surface area contributed by atoms with E-state index in [1.54, 1.807) is 11.3 Å². The van der Waals surface area contributed by atoms with Crippen LogP contribution in [0.15, 0.2) is 12.1 Å². The number of aryl methyl sites for hydroxylation is 3. The molecule has 2 rings (SSSR count). The van der Waals surface area contributed by atoms with Gasteiger partial charge in [0.25, 0.3) is 0 Å². The summed E-state index contributed by atoms with van der Waals surface area (Å²) in [5.41, 5.74) is 5.07. The zero-order valence-corrected chi connectivity index (χ0v) is 11.5. The van der Waals surface area contributed by atoms with E-state index in [1.165, 1.54) is 22.3 Å². The summed E-state index contributed by atoms with van der Waals surface area (Å²) in [6.45, 7) is 7.17. The van der Waals surface area contributed by atoms with Crippen LogP contribution in [0, 0.1) is 20.8 Å². The van der Waals surface area contributed by atoms with Crippen LogP contribution < -0.4 is 5.32 Å². The molecular formula is C13H17N3S. The van der Waals surface area contributed by atoms with E-state index in [-0.39, 0.29) is 0 Å². The Morgan fingerprint density at radius 2 is 1.76 bits per heavy atom. The lowest BCUT2D eigenvalue weighted by Crippen LogP contribution is -2.04. The van der Waals surface area contributed by atoms with Gasteiger partial charge in [-0.15, -0.1) is 10.2 Å². The van der Waals surface area contributed by atoms with E-state index in [4.69, 9.17) is 0 Å². The summed E-state index contributed by atoms with van der Waals surface area (Å²) in [7, 11) is 1.92. The zero-order valence-electron chi connectivity index (χ0n) is 10.7. The Bertz CT molecular complexity index is 508. The number of hydrogen-bond donors (Lipinski definition) is 1. The first-order chi connectivity index (χ1) is 8.11. The van der Waals surface area contributed by atoms with Crippen LogP contribution in [0.4, 0.5) is 0 Å². The molecule has 0 radical (unpaired) electrons. The minimum atomic E-state index is 0.779. The molecule has 0 aliphatic heterocycles. The lowest BCUT2D eigenvalue weighted by Gasteiger charge is -2.07. The third-order valence-corrected chi connectivity index (χ3v) is 3.63. The highest BCUT2D eigenvalue weighted by atomic mass is 32.1. The molecule has 0 unspecified atom stereocenters. The largest absolute Gasteiger partial charge is 0.313 e. The molecule has 1 aromatic carbocycles. The lowest BCUT2D eigenvalue weighted by molar-refractivity contribution is 0.794. The molecule has 0 aliphatic rings. The molecule has 0 atom stereocenters. The molecule has 1 N–H and O–H groups in total. The number of benzene rings is 1. The SMILES string of the molecule is CNCc1nnc(-c2c(C)cc(C)cc2C)s1. The van der Waals surface area contributed by atoms with Gasteiger partial charge < -0.3 is 5.32 Å². The Hall–Kier alpha value is -1.26. The first kappa shape index (κ1) is 12.2. The number of nitrogens with zero attached hydrogens (tertiary/aromatic N) is 2. The van der Waals surface area contributed by atoms with Gasteiger partial charge in [-0.25, -0.2) is 0 Å². The van der Waals surface area contributed by atoms with Crippen molar-refractivity contribution in [3.05, 3.63) is 33.8 Å². The molecule has 90 valence electrons. The Labute approximate surface area is 106 Å². The monoisotopic (exact) mass is 247 g/mol. The molecule has 17 heavy (non-hydrogen) atoms. The number of nitrogens with one attached hydrogen (secondary N) is 1. The molecule has 1 heterocycles. The fourth-order valence-corrected chi connectivity index (χ4v) is 3.12. The Morgan fingerprint density at radius 1 is 1.12 bits per heavy atom. The summed E-state index contributed by atoms with van der Waals surface area (Å²) in [5, 5.41) is 13.6. The maximum atomic E-state index is 4.28. The first-order valence-electron chi connectivity index (χ1n) is 5.67. The van der Waals surface area contributed by atoms with Gasteiger partial charge in [-0.1, -0.05) is 29.0 Å². The van der Waals surface area contributed by atoms with Crippen molar-refractivity contribution in [2.75, 3.05) is 7.05 Å². The van der Waals surface area contributed by atoms with Gasteiger partial charge in [0.05, 0.1) is 0 Å². The van der Waals surface area contributed by atoms with Crippen LogP contribution in [-0.2, 0) is 6.54 Å². The number of hydrogen-bond acceptors (Lipinski definition) is 4. The molecular weight excluding hydrogens is 230 g/mol. The molecule has 1 aromatic heterocycles. The van der Waals surface area contributed by atoms with E-state index in [0.29, 0.717) is 0 Å². The highest BCUT2D eigenvalue weighted by Crippen LogP contribution is 2.30. The van der Waals surface area contributed by atoms with Crippen LogP contribution in [0.3, 0.4) is 0 Å². The quantitative estimate of drug-likeness (QED) is 0.906. The maximum absolute atomic E-state index is 4.28. The van der Waals surface area contributed by atoms with E-state index in [2.05, 4.69) is 48.4 Å². The minimum absolute atomic E-state index is 0.779. The molecule has 0 saturated carbocycles. The zero-order chi connectivity index (χ0) is 12.4.